The van der Waals surface area contributed by atoms with E-state index in [1.165, 1.54) is 19.6 Å². The van der Waals surface area contributed by atoms with Gasteiger partial charge in [0.2, 0.25) is 5.91 Å². The van der Waals surface area contributed by atoms with Crippen LogP contribution in [-0.2, 0) is 25.5 Å². The van der Waals surface area contributed by atoms with E-state index < -0.39 is 35.9 Å². The van der Waals surface area contributed by atoms with E-state index in [2.05, 4.69) is 20.4 Å². The van der Waals surface area contributed by atoms with Gasteiger partial charge in [0.05, 0.1) is 20.8 Å². The third-order valence-corrected chi connectivity index (χ3v) is 6.85. The van der Waals surface area contributed by atoms with Gasteiger partial charge in [0.1, 0.15) is 30.2 Å². The zero-order chi connectivity index (χ0) is 28.6. The van der Waals surface area contributed by atoms with E-state index in [0.29, 0.717) is 35.8 Å². The number of anilines is 1. The fourth-order valence-corrected chi connectivity index (χ4v) is 4.80. The van der Waals surface area contributed by atoms with E-state index in [1.807, 2.05) is 0 Å². The lowest BCUT2D eigenvalue weighted by Gasteiger charge is -2.25. The lowest BCUT2D eigenvalue weighted by atomic mass is 10.0. The van der Waals surface area contributed by atoms with Crippen LogP contribution in [0.2, 0.25) is 0 Å². The van der Waals surface area contributed by atoms with Crippen molar-refractivity contribution >= 4 is 40.3 Å². The molecule has 2 atom stereocenters. The van der Waals surface area contributed by atoms with Crippen LogP contribution in [0.1, 0.15) is 27.7 Å². The van der Waals surface area contributed by atoms with Gasteiger partial charge in [-0.15, -0.1) is 11.3 Å². The molecule has 4 rings (SSSR count). The number of hydrogen-bond donors (Lipinski definition) is 2. The zero-order valence-corrected chi connectivity index (χ0v) is 22.9. The first kappa shape index (κ1) is 28.5. The van der Waals surface area contributed by atoms with Gasteiger partial charge in [0.15, 0.2) is 10.8 Å². The Morgan fingerprint density at radius 3 is 2.52 bits per heavy atom. The summed E-state index contributed by atoms with van der Waals surface area (Å²) in [6, 6.07) is 10.8. The SMILES string of the molecule is COCCOc1ccc(C2NC(=O)N(C(Cc3ccccc3OC)C(=O)Nc3nc(C(=O)OC)cs3)C2=O)cc1. The molecule has 1 aromatic heterocycles. The van der Waals surface area contributed by atoms with Crippen molar-refractivity contribution < 1.29 is 38.1 Å². The van der Waals surface area contributed by atoms with E-state index in [4.69, 9.17) is 14.2 Å². The van der Waals surface area contributed by atoms with Crippen molar-refractivity contribution in [2.75, 3.05) is 39.9 Å². The molecule has 0 bridgehead atoms. The van der Waals surface area contributed by atoms with Crippen LogP contribution in [0.25, 0.3) is 0 Å². The fourth-order valence-electron chi connectivity index (χ4n) is 4.11. The van der Waals surface area contributed by atoms with Gasteiger partial charge in [-0.1, -0.05) is 30.3 Å². The Bertz CT molecular complexity index is 1380. The molecule has 2 N–H and O–H groups in total. The molecule has 1 aliphatic heterocycles. The summed E-state index contributed by atoms with van der Waals surface area (Å²) < 4.78 is 20.6. The van der Waals surface area contributed by atoms with E-state index in [-0.39, 0.29) is 17.2 Å². The molecule has 3 aromatic rings. The summed E-state index contributed by atoms with van der Waals surface area (Å²) in [4.78, 5) is 57.1. The summed E-state index contributed by atoms with van der Waals surface area (Å²) >= 11 is 1.01. The van der Waals surface area contributed by atoms with E-state index in [9.17, 15) is 19.2 Å². The Morgan fingerprint density at radius 1 is 1.07 bits per heavy atom. The monoisotopic (exact) mass is 568 g/mol. The number of imide groups is 1. The van der Waals surface area contributed by atoms with Crippen molar-refractivity contribution in [3.05, 3.63) is 70.7 Å². The van der Waals surface area contributed by atoms with Gasteiger partial charge >= 0.3 is 12.0 Å². The fraction of sp³-hybridized carbons (Fsp3) is 0.296. The molecule has 1 fully saturated rings. The largest absolute Gasteiger partial charge is 0.496 e. The molecule has 40 heavy (non-hydrogen) atoms. The van der Waals surface area contributed by atoms with Crippen LogP contribution in [-0.4, -0.2) is 74.3 Å². The molecule has 1 saturated heterocycles. The second-order valence-electron chi connectivity index (χ2n) is 8.55. The molecule has 0 spiro atoms. The molecule has 0 aliphatic carbocycles. The van der Waals surface area contributed by atoms with Gasteiger partial charge in [0, 0.05) is 18.9 Å². The van der Waals surface area contributed by atoms with E-state index >= 15 is 0 Å². The highest BCUT2D eigenvalue weighted by molar-refractivity contribution is 7.14. The summed E-state index contributed by atoms with van der Waals surface area (Å²) in [6.45, 7) is 0.789. The quantitative estimate of drug-likeness (QED) is 0.191. The molecular weight excluding hydrogens is 540 g/mol. The van der Waals surface area contributed by atoms with Crippen LogP contribution in [0.5, 0.6) is 11.5 Å². The minimum atomic E-state index is -1.25. The molecule has 12 nitrogen and oxygen atoms in total. The Kier molecular flexibility index (Phi) is 9.30. The number of thiazole rings is 1. The lowest BCUT2D eigenvalue weighted by molar-refractivity contribution is -0.134. The Balaban J connectivity index is 1.59. The smallest absolute Gasteiger partial charge is 0.357 e. The summed E-state index contributed by atoms with van der Waals surface area (Å²) in [6.07, 6.45) is -0.0246. The molecule has 1 aliphatic rings. The summed E-state index contributed by atoms with van der Waals surface area (Å²) in [5, 5.41) is 6.84. The highest BCUT2D eigenvalue weighted by atomic mass is 32.1. The average molecular weight is 569 g/mol. The molecule has 0 saturated carbocycles. The maximum absolute atomic E-state index is 13.6. The first-order valence-electron chi connectivity index (χ1n) is 12.2. The Morgan fingerprint density at radius 2 is 1.82 bits per heavy atom. The number of urea groups is 1. The van der Waals surface area contributed by atoms with Gasteiger partial charge in [-0.05, 0) is 29.3 Å². The normalized spacial score (nSPS) is 15.4. The maximum atomic E-state index is 13.6. The molecule has 13 heteroatoms. The van der Waals surface area contributed by atoms with Gasteiger partial charge in [-0.3, -0.25) is 9.59 Å². The summed E-state index contributed by atoms with van der Waals surface area (Å²) in [5.41, 5.74) is 1.16. The number of carbonyl (C=O) groups excluding carboxylic acids is 4. The van der Waals surface area contributed by atoms with Crippen LogP contribution >= 0.6 is 11.3 Å². The molecule has 210 valence electrons. The van der Waals surface area contributed by atoms with E-state index in [0.717, 1.165) is 16.2 Å². The third-order valence-electron chi connectivity index (χ3n) is 6.09. The predicted octanol–water partition coefficient (Wildman–Crippen LogP) is 2.81. The minimum Gasteiger partial charge on any atom is -0.496 e. The number of ether oxygens (including phenoxy) is 4. The number of benzene rings is 2. The summed E-state index contributed by atoms with van der Waals surface area (Å²) in [7, 11) is 4.29. The molecular formula is C27H28N4O8S. The van der Waals surface area contributed by atoms with Crippen LogP contribution < -0.4 is 20.1 Å². The van der Waals surface area contributed by atoms with Crippen molar-refractivity contribution in [1.29, 1.82) is 0 Å². The van der Waals surface area contributed by atoms with Crippen molar-refractivity contribution in [3.8, 4) is 11.5 Å². The lowest BCUT2D eigenvalue weighted by Crippen LogP contribution is -2.49. The highest BCUT2D eigenvalue weighted by Gasteiger charge is 2.45. The van der Waals surface area contributed by atoms with Crippen LogP contribution in [0.15, 0.2) is 53.9 Å². The molecule has 4 amide bonds. The second-order valence-corrected chi connectivity index (χ2v) is 9.41. The molecule has 0 radical (unpaired) electrons. The maximum Gasteiger partial charge on any atom is 0.357 e. The summed E-state index contributed by atoms with van der Waals surface area (Å²) in [5.74, 6) is -0.840. The second kappa shape index (κ2) is 13.0. The molecule has 2 unspecified atom stereocenters. The minimum absolute atomic E-state index is 0.0220. The van der Waals surface area contributed by atoms with Crippen molar-refractivity contribution in [2.24, 2.45) is 0 Å². The Hall–Kier alpha value is -4.49. The van der Waals surface area contributed by atoms with Crippen molar-refractivity contribution in [2.45, 2.75) is 18.5 Å². The number of rotatable bonds is 12. The number of carbonyl (C=O) groups is 4. The van der Waals surface area contributed by atoms with Crippen LogP contribution in [0, 0.1) is 0 Å². The number of nitrogens with one attached hydrogen (secondary N) is 2. The highest BCUT2D eigenvalue weighted by Crippen LogP contribution is 2.29. The van der Waals surface area contributed by atoms with Crippen LogP contribution in [0.4, 0.5) is 9.93 Å². The standard InChI is InChI=1S/C27H28N4O8S/c1-36-12-13-39-18-10-8-16(9-11-18)22-24(33)31(27(35)29-22)20(14-17-6-4-5-7-21(17)37-2)23(32)30-26-28-19(15-40-26)25(34)38-3/h4-11,15,20,22H,12-14H2,1-3H3,(H,29,35)(H,28,30,32). The van der Waals surface area contributed by atoms with Gasteiger partial charge in [-0.2, -0.15) is 0 Å². The van der Waals surface area contributed by atoms with Crippen LogP contribution in [0.3, 0.4) is 0 Å². The predicted molar refractivity (Wildman–Crippen MR) is 145 cm³/mol. The number of hydrogen-bond acceptors (Lipinski definition) is 10. The van der Waals surface area contributed by atoms with Gasteiger partial charge in [-0.25, -0.2) is 19.5 Å². The first-order chi connectivity index (χ1) is 19.4. The van der Waals surface area contributed by atoms with Gasteiger partial charge < -0.3 is 29.6 Å². The van der Waals surface area contributed by atoms with E-state index in [1.54, 1.807) is 55.6 Å². The Labute approximate surface area is 234 Å². The zero-order valence-electron chi connectivity index (χ0n) is 22.0. The topological polar surface area (TPSA) is 145 Å². The molecule has 2 aromatic carbocycles. The third kappa shape index (κ3) is 6.38. The number of amides is 4. The number of methoxy groups -OCH3 is 3. The van der Waals surface area contributed by atoms with Gasteiger partial charge in [0.25, 0.3) is 5.91 Å². The number of nitrogens with zero attached hydrogens (tertiary/aromatic N) is 2. The van der Waals surface area contributed by atoms with Crippen molar-refractivity contribution in [3.63, 3.8) is 0 Å². The van der Waals surface area contributed by atoms with Crippen molar-refractivity contribution in [1.82, 2.24) is 15.2 Å². The number of para-hydroxylation sites is 1. The molecule has 2 heterocycles. The first-order valence-corrected chi connectivity index (χ1v) is 13.1. The number of esters is 1. The average Bonchev–Trinajstić information content (AvgIpc) is 3.55. The number of aromatic nitrogens is 1.